The quantitative estimate of drug-likeness (QED) is 0.252. The van der Waals surface area contributed by atoms with E-state index in [1.807, 2.05) is 30.3 Å². The zero-order chi connectivity index (χ0) is 18.4. The van der Waals surface area contributed by atoms with Crippen molar-refractivity contribution in [1.82, 2.24) is 15.2 Å². The van der Waals surface area contributed by atoms with Crippen molar-refractivity contribution in [1.29, 1.82) is 0 Å². The minimum atomic E-state index is -0.545. The fourth-order valence-electron chi connectivity index (χ4n) is 2.00. The number of aromatic hydroxyl groups is 1. The number of non-ortho nitro benzene ring substituents is 1. The van der Waals surface area contributed by atoms with Gasteiger partial charge in [0.05, 0.1) is 11.1 Å². The van der Waals surface area contributed by atoms with Gasteiger partial charge in [-0.1, -0.05) is 42.1 Å². The number of thioether (sulfide) groups is 1. The summed E-state index contributed by atoms with van der Waals surface area (Å²) >= 11 is 1.47. The van der Waals surface area contributed by atoms with E-state index in [4.69, 9.17) is 0 Å². The van der Waals surface area contributed by atoms with Crippen LogP contribution in [0.1, 0.15) is 11.1 Å². The lowest BCUT2D eigenvalue weighted by Gasteiger charge is -1.98. The van der Waals surface area contributed by atoms with E-state index >= 15 is 0 Å². The minimum Gasteiger partial charge on any atom is -0.507 e. The summed E-state index contributed by atoms with van der Waals surface area (Å²) in [6.45, 7) is 0. The maximum atomic E-state index is 10.8. The molecule has 3 rings (SSSR count). The van der Waals surface area contributed by atoms with Crippen molar-refractivity contribution in [2.45, 2.75) is 10.9 Å². The molecule has 0 spiro atoms. The van der Waals surface area contributed by atoms with Gasteiger partial charge in [-0.05, 0) is 11.6 Å². The van der Waals surface area contributed by atoms with Crippen molar-refractivity contribution in [3.05, 3.63) is 69.8 Å². The molecule has 2 aromatic carbocycles. The first-order chi connectivity index (χ1) is 12.6. The molecule has 0 radical (unpaired) electrons. The first-order valence-corrected chi connectivity index (χ1v) is 8.46. The normalized spacial score (nSPS) is 10.9. The summed E-state index contributed by atoms with van der Waals surface area (Å²) in [5.74, 6) is 0.947. The number of hydrogen-bond acceptors (Lipinski definition) is 8. The average Bonchev–Trinajstić information content (AvgIpc) is 3.10. The molecule has 1 aromatic heterocycles. The lowest BCUT2D eigenvalue weighted by atomic mass is 10.2. The van der Waals surface area contributed by atoms with Gasteiger partial charge in [-0.25, -0.2) is 10.5 Å². The van der Waals surface area contributed by atoms with Gasteiger partial charge in [0.15, 0.2) is 0 Å². The standard InChI is InChI=1S/C16H14N6O3S/c23-14-7-6-13(22(24)25)8-12(14)9-17-19-15-18-16(21-20-15)26-10-11-4-2-1-3-5-11/h1-9,23H,10H2,(H2,18,19,20,21)/b17-9+. The Bertz CT molecular complexity index is 929. The summed E-state index contributed by atoms with van der Waals surface area (Å²) in [5.41, 5.74) is 3.87. The highest BCUT2D eigenvalue weighted by Crippen LogP contribution is 2.22. The summed E-state index contributed by atoms with van der Waals surface area (Å²) in [6.07, 6.45) is 1.27. The molecule has 0 saturated heterocycles. The van der Waals surface area contributed by atoms with Crippen molar-refractivity contribution in [2.75, 3.05) is 5.43 Å². The summed E-state index contributed by atoms with van der Waals surface area (Å²) < 4.78 is 0. The predicted molar refractivity (Wildman–Crippen MR) is 98.4 cm³/mol. The molecule has 0 bridgehead atoms. The number of anilines is 1. The molecule has 3 N–H and O–H groups in total. The Morgan fingerprint density at radius 1 is 1.31 bits per heavy atom. The molecule has 0 fully saturated rings. The summed E-state index contributed by atoms with van der Waals surface area (Å²) in [7, 11) is 0. The van der Waals surface area contributed by atoms with Crippen molar-refractivity contribution >= 4 is 29.6 Å². The molecular formula is C16H14N6O3S. The van der Waals surface area contributed by atoms with Crippen LogP contribution in [0.25, 0.3) is 0 Å². The van der Waals surface area contributed by atoms with Crippen LogP contribution in [0.4, 0.5) is 11.6 Å². The number of rotatable bonds is 7. The largest absolute Gasteiger partial charge is 0.507 e. The van der Waals surface area contributed by atoms with Crippen molar-refractivity contribution in [3.8, 4) is 5.75 Å². The Balaban J connectivity index is 1.58. The van der Waals surface area contributed by atoms with Crippen LogP contribution >= 0.6 is 11.8 Å². The summed E-state index contributed by atoms with van der Waals surface area (Å²) in [5, 5.41) is 31.7. The predicted octanol–water partition coefficient (Wildman–Crippen LogP) is 3.16. The highest BCUT2D eigenvalue weighted by molar-refractivity contribution is 7.98. The highest BCUT2D eigenvalue weighted by Gasteiger charge is 2.09. The average molecular weight is 370 g/mol. The van der Waals surface area contributed by atoms with Gasteiger partial charge in [0, 0.05) is 23.4 Å². The van der Waals surface area contributed by atoms with E-state index in [0.29, 0.717) is 11.1 Å². The van der Waals surface area contributed by atoms with E-state index in [2.05, 4.69) is 25.7 Å². The molecule has 0 amide bonds. The number of nitro groups is 1. The SMILES string of the molecule is O=[N+]([O-])c1ccc(O)c(/C=N/Nc2nc(SCc3ccccc3)n[nH]2)c1. The molecule has 10 heteroatoms. The topological polar surface area (TPSA) is 129 Å². The molecule has 0 aliphatic rings. The number of aromatic amines is 1. The van der Waals surface area contributed by atoms with E-state index in [1.54, 1.807) is 0 Å². The van der Waals surface area contributed by atoms with Crippen LogP contribution in [0.2, 0.25) is 0 Å². The Morgan fingerprint density at radius 3 is 2.88 bits per heavy atom. The highest BCUT2D eigenvalue weighted by atomic mass is 32.2. The zero-order valence-electron chi connectivity index (χ0n) is 13.4. The van der Waals surface area contributed by atoms with Gasteiger partial charge in [-0.2, -0.15) is 10.1 Å². The van der Waals surface area contributed by atoms with E-state index in [-0.39, 0.29) is 17.0 Å². The molecule has 0 atom stereocenters. The van der Waals surface area contributed by atoms with Gasteiger partial charge in [-0.3, -0.25) is 10.1 Å². The van der Waals surface area contributed by atoms with Crippen LogP contribution in [0, 0.1) is 10.1 Å². The first-order valence-electron chi connectivity index (χ1n) is 7.47. The van der Waals surface area contributed by atoms with Gasteiger partial charge in [0.25, 0.3) is 5.69 Å². The Hall–Kier alpha value is -3.40. The lowest BCUT2D eigenvalue weighted by molar-refractivity contribution is -0.384. The van der Waals surface area contributed by atoms with Crippen LogP contribution < -0.4 is 5.43 Å². The van der Waals surface area contributed by atoms with Gasteiger partial charge in [0.1, 0.15) is 5.75 Å². The molecule has 0 saturated carbocycles. The second-order valence-electron chi connectivity index (χ2n) is 5.11. The second-order valence-corrected chi connectivity index (χ2v) is 6.05. The van der Waals surface area contributed by atoms with Crippen molar-refractivity contribution < 1.29 is 10.0 Å². The second kappa shape index (κ2) is 8.12. The van der Waals surface area contributed by atoms with Crippen LogP contribution in [0.5, 0.6) is 5.75 Å². The molecule has 0 unspecified atom stereocenters. The number of H-pyrrole nitrogens is 1. The Morgan fingerprint density at radius 2 is 2.12 bits per heavy atom. The van der Waals surface area contributed by atoms with E-state index in [9.17, 15) is 15.2 Å². The van der Waals surface area contributed by atoms with E-state index in [0.717, 1.165) is 11.3 Å². The Labute approximate surface area is 152 Å². The third-order valence-electron chi connectivity index (χ3n) is 3.27. The molecule has 9 nitrogen and oxygen atoms in total. The maximum Gasteiger partial charge on any atom is 0.270 e. The van der Waals surface area contributed by atoms with Crippen LogP contribution in [-0.2, 0) is 5.75 Å². The summed E-state index contributed by atoms with van der Waals surface area (Å²) in [4.78, 5) is 14.4. The Kier molecular flexibility index (Phi) is 5.44. The minimum absolute atomic E-state index is 0.113. The van der Waals surface area contributed by atoms with Crippen LogP contribution in [0.15, 0.2) is 58.8 Å². The lowest BCUT2D eigenvalue weighted by Crippen LogP contribution is -1.94. The number of phenolic OH excluding ortho intramolecular Hbond substituents is 1. The molecule has 0 aliphatic carbocycles. The number of hydrazone groups is 1. The smallest absolute Gasteiger partial charge is 0.270 e. The van der Waals surface area contributed by atoms with Crippen LogP contribution in [0.3, 0.4) is 0 Å². The van der Waals surface area contributed by atoms with E-state index in [1.165, 1.54) is 36.2 Å². The third-order valence-corrected chi connectivity index (χ3v) is 4.19. The van der Waals surface area contributed by atoms with Gasteiger partial charge >= 0.3 is 0 Å². The molecule has 26 heavy (non-hydrogen) atoms. The monoisotopic (exact) mass is 370 g/mol. The fraction of sp³-hybridized carbons (Fsp3) is 0.0625. The number of phenols is 1. The molecule has 132 valence electrons. The molecule has 1 heterocycles. The van der Waals surface area contributed by atoms with E-state index < -0.39 is 4.92 Å². The van der Waals surface area contributed by atoms with Gasteiger partial charge < -0.3 is 5.11 Å². The summed E-state index contributed by atoms with van der Waals surface area (Å²) in [6, 6.07) is 13.6. The number of benzene rings is 2. The van der Waals surface area contributed by atoms with Crippen molar-refractivity contribution in [2.24, 2.45) is 5.10 Å². The van der Waals surface area contributed by atoms with Gasteiger partial charge in [0.2, 0.25) is 11.1 Å². The number of nitrogens with zero attached hydrogens (tertiary/aromatic N) is 4. The van der Waals surface area contributed by atoms with Gasteiger partial charge in [-0.15, -0.1) is 5.10 Å². The first kappa shape index (κ1) is 17.4. The number of aromatic nitrogens is 3. The molecule has 3 aromatic rings. The maximum absolute atomic E-state index is 10.8. The molecular weight excluding hydrogens is 356 g/mol. The number of nitro benzene ring substituents is 1. The fourth-order valence-corrected chi connectivity index (χ4v) is 2.76. The number of hydrogen-bond donors (Lipinski definition) is 3. The third kappa shape index (κ3) is 4.57. The number of nitrogens with one attached hydrogen (secondary N) is 2. The van der Waals surface area contributed by atoms with Crippen LogP contribution in [-0.4, -0.2) is 31.4 Å². The molecule has 0 aliphatic heterocycles. The van der Waals surface area contributed by atoms with Crippen molar-refractivity contribution in [3.63, 3.8) is 0 Å². The zero-order valence-corrected chi connectivity index (χ0v) is 14.2.